The van der Waals surface area contributed by atoms with Crippen molar-refractivity contribution >= 4 is 16.7 Å². The highest BCUT2D eigenvalue weighted by atomic mass is 32.2. The Balaban J connectivity index is 1.88. The second kappa shape index (κ2) is 4.59. The monoisotopic (exact) mass is 232 g/mol. The minimum absolute atomic E-state index is 0.0447. The zero-order chi connectivity index (χ0) is 10.8. The lowest BCUT2D eigenvalue weighted by Gasteiger charge is -2.28. The molecule has 0 aromatic rings. The minimum atomic E-state index is -0.750. The zero-order valence-electron chi connectivity index (χ0n) is 8.52. The van der Waals surface area contributed by atoms with Gasteiger partial charge in [0.25, 0.3) is 0 Å². The summed E-state index contributed by atoms with van der Waals surface area (Å²) in [4.78, 5) is 13.7. The molecule has 2 aliphatic heterocycles. The molecule has 2 heterocycles. The van der Waals surface area contributed by atoms with Crippen molar-refractivity contribution in [2.24, 2.45) is 0 Å². The van der Waals surface area contributed by atoms with E-state index in [9.17, 15) is 14.1 Å². The first-order chi connectivity index (χ1) is 7.16. The molecule has 6 heteroatoms. The number of hydrogen-bond donors (Lipinski definition) is 2. The quantitative estimate of drug-likeness (QED) is 0.565. The summed E-state index contributed by atoms with van der Waals surface area (Å²) >= 11 is 0. The van der Waals surface area contributed by atoms with Gasteiger partial charge in [0.1, 0.15) is 0 Å². The van der Waals surface area contributed by atoms with Crippen molar-refractivity contribution in [1.82, 2.24) is 10.2 Å². The average molecular weight is 232 g/mol. The molecule has 0 radical (unpaired) electrons. The van der Waals surface area contributed by atoms with E-state index >= 15 is 0 Å². The molecule has 0 aromatic heterocycles. The Bertz CT molecular complexity index is 275. The standard InChI is InChI=1S/C9H16N2O3S/c12-7-5-8(10-6-7)9(13)11-1-3-15(14)4-2-11/h7-8,10,12H,1-6H2. The van der Waals surface area contributed by atoms with Crippen molar-refractivity contribution in [2.75, 3.05) is 31.1 Å². The molecular weight excluding hydrogens is 216 g/mol. The number of nitrogens with zero attached hydrogens (tertiary/aromatic N) is 1. The molecule has 2 rings (SSSR count). The van der Waals surface area contributed by atoms with E-state index in [1.807, 2.05) is 0 Å². The van der Waals surface area contributed by atoms with Gasteiger partial charge in [0, 0.05) is 41.9 Å². The molecule has 1 amide bonds. The summed E-state index contributed by atoms with van der Waals surface area (Å²) in [7, 11) is -0.750. The van der Waals surface area contributed by atoms with Gasteiger partial charge in [-0.15, -0.1) is 0 Å². The average Bonchev–Trinajstić information content (AvgIpc) is 2.65. The van der Waals surface area contributed by atoms with Crippen LogP contribution in [-0.2, 0) is 15.6 Å². The Kier molecular flexibility index (Phi) is 3.38. The van der Waals surface area contributed by atoms with Crippen molar-refractivity contribution in [3.63, 3.8) is 0 Å². The van der Waals surface area contributed by atoms with E-state index in [1.54, 1.807) is 4.90 Å². The lowest BCUT2D eigenvalue weighted by Crippen LogP contribution is -2.48. The Morgan fingerprint density at radius 3 is 2.60 bits per heavy atom. The Labute approximate surface area is 91.3 Å². The van der Waals surface area contributed by atoms with Crippen molar-refractivity contribution in [1.29, 1.82) is 0 Å². The van der Waals surface area contributed by atoms with Gasteiger partial charge >= 0.3 is 0 Å². The number of hydrogen-bond acceptors (Lipinski definition) is 4. The summed E-state index contributed by atoms with van der Waals surface area (Å²) in [5.41, 5.74) is 0. The number of aliphatic hydroxyl groups excluding tert-OH is 1. The third-order valence-electron chi connectivity index (χ3n) is 2.90. The van der Waals surface area contributed by atoms with Crippen molar-refractivity contribution in [2.45, 2.75) is 18.6 Å². The molecule has 2 aliphatic rings. The van der Waals surface area contributed by atoms with Gasteiger partial charge in [-0.05, 0) is 6.42 Å². The van der Waals surface area contributed by atoms with Crippen LogP contribution < -0.4 is 5.32 Å². The van der Waals surface area contributed by atoms with E-state index in [4.69, 9.17) is 0 Å². The summed E-state index contributed by atoms with van der Waals surface area (Å²) in [5.74, 6) is 1.21. The van der Waals surface area contributed by atoms with Crippen LogP contribution in [0.25, 0.3) is 0 Å². The van der Waals surface area contributed by atoms with Crippen LogP contribution in [0.4, 0.5) is 0 Å². The predicted molar refractivity (Wildman–Crippen MR) is 56.9 cm³/mol. The van der Waals surface area contributed by atoms with Crippen LogP contribution in [0.1, 0.15) is 6.42 Å². The molecule has 0 spiro atoms. The molecule has 0 bridgehead atoms. The molecular formula is C9H16N2O3S. The highest BCUT2D eigenvalue weighted by molar-refractivity contribution is 7.85. The first-order valence-corrected chi connectivity index (χ1v) is 6.71. The van der Waals surface area contributed by atoms with Crippen LogP contribution in [0.15, 0.2) is 0 Å². The summed E-state index contributed by atoms with van der Waals surface area (Å²) < 4.78 is 11.1. The first kappa shape index (κ1) is 11.0. The number of rotatable bonds is 1. The maximum Gasteiger partial charge on any atom is 0.239 e. The zero-order valence-corrected chi connectivity index (χ0v) is 9.33. The van der Waals surface area contributed by atoms with Crippen molar-refractivity contribution in [3.05, 3.63) is 0 Å². The molecule has 86 valence electrons. The normalized spacial score (nSPS) is 33.3. The Morgan fingerprint density at radius 2 is 2.07 bits per heavy atom. The lowest BCUT2D eigenvalue weighted by molar-refractivity contribution is -0.132. The highest BCUT2D eigenvalue weighted by Gasteiger charge is 2.32. The second-order valence-electron chi connectivity index (χ2n) is 4.02. The number of carbonyl (C=O) groups excluding carboxylic acids is 1. The van der Waals surface area contributed by atoms with Gasteiger partial charge in [0.15, 0.2) is 0 Å². The van der Waals surface area contributed by atoms with E-state index in [2.05, 4.69) is 5.32 Å². The number of amides is 1. The van der Waals surface area contributed by atoms with Gasteiger partial charge in [-0.25, -0.2) is 0 Å². The van der Waals surface area contributed by atoms with E-state index in [0.29, 0.717) is 37.6 Å². The second-order valence-corrected chi connectivity index (χ2v) is 5.72. The first-order valence-electron chi connectivity index (χ1n) is 5.22. The maximum atomic E-state index is 11.9. The third kappa shape index (κ3) is 2.56. The summed E-state index contributed by atoms with van der Waals surface area (Å²) in [6.45, 7) is 1.66. The molecule has 15 heavy (non-hydrogen) atoms. The van der Waals surface area contributed by atoms with Crippen molar-refractivity contribution < 1.29 is 14.1 Å². The van der Waals surface area contributed by atoms with Gasteiger partial charge in [-0.1, -0.05) is 0 Å². The van der Waals surface area contributed by atoms with E-state index in [0.717, 1.165) is 0 Å². The van der Waals surface area contributed by atoms with E-state index < -0.39 is 16.9 Å². The Morgan fingerprint density at radius 1 is 1.40 bits per heavy atom. The highest BCUT2D eigenvalue weighted by Crippen LogP contribution is 2.11. The topological polar surface area (TPSA) is 69.6 Å². The van der Waals surface area contributed by atoms with Crippen LogP contribution in [0.2, 0.25) is 0 Å². The smallest absolute Gasteiger partial charge is 0.239 e. The fourth-order valence-corrected chi connectivity index (χ4v) is 3.04. The number of aliphatic hydroxyl groups is 1. The van der Waals surface area contributed by atoms with Gasteiger partial charge in [0.2, 0.25) is 5.91 Å². The molecule has 0 aromatic carbocycles. The van der Waals surface area contributed by atoms with Crippen LogP contribution >= 0.6 is 0 Å². The number of carbonyl (C=O) groups is 1. The fourth-order valence-electron chi connectivity index (χ4n) is 1.98. The molecule has 2 atom stereocenters. The largest absolute Gasteiger partial charge is 0.392 e. The minimum Gasteiger partial charge on any atom is -0.392 e. The van der Waals surface area contributed by atoms with Gasteiger partial charge in [0.05, 0.1) is 12.1 Å². The SMILES string of the molecule is O=C(C1CC(O)CN1)N1CCS(=O)CC1. The van der Waals surface area contributed by atoms with E-state index in [1.165, 1.54) is 0 Å². The van der Waals surface area contributed by atoms with Gasteiger partial charge < -0.3 is 15.3 Å². The summed E-state index contributed by atoms with van der Waals surface area (Å²) in [5, 5.41) is 12.3. The van der Waals surface area contributed by atoms with Crippen LogP contribution in [0.3, 0.4) is 0 Å². The van der Waals surface area contributed by atoms with Crippen LogP contribution in [0, 0.1) is 0 Å². The molecule has 0 aliphatic carbocycles. The van der Waals surface area contributed by atoms with Crippen molar-refractivity contribution in [3.8, 4) is 0 Å². The third-order valence-corrected chi connectivity index (χ3v) is 4.17. The fraction of sp³-hybridized carbons (Fsp3) is 0.889. The molecule has 2 saturated heterocycles. The number of β-amino-alcohol motifs (C(OH)–C–C–N with tert-alkyl or cyclic N) is 1. The van der Waals surface area contributed by atoms with Gasteiger partial charge in [-0.2, -0.15) is 0 Å². The Hall–Kier alpha value is -0.460. The van der Waals surface area contributed by atoms with Crippen LogP contribution in [-0.4, -0.2) is 63.4 Å². The molecule has 2 fully saturated rings. The maximum absolute atomic E-state index is 11.9. The molecule has 0 saturated carbocycles. The van der Waals surface area contributed by atoms with Gasteiger partial charge in [-0.3, -0.25) is 9.00 Å². The lowest BCUT2D eigenvalue weighted by atomic mass is 10.2. The summed E-state index contributed by atoms with van der Waals surface area (Å²) in [6, 6.07) is -0.244. The molecule has 2 N–H and O–H groups in total. The molecule has 2 unspecified atom stereocenters. The summed E-state index contributed by atoms with van der Waals surface area (Å²) in [6.07, 6.45) is 0.0937. The number of nitrogens with one attached hydrogen (secondary N) is 1. The van der Waals surface area contributed by atoms with Crippen LogP contribution in [0.5, 0.6) is 0 Å². The van der Waals surface area contributed by atoms with E-state index in [-0.39, 0.29) is 11.9 Å². The molecule has 5 nitrogen and oxygen atoms in total. The predicted octanol–water partition coefficient (Wildman–Crippen LogP) is -1.70.